The minimum absolute atomic E-state index is 0.00747. The summed E-state index contributed by atoms with van der Waals surface area (Å²) < 4.78 is 16.0. The summed E-state index contributed by atoms with van der Waals surface area (Å²) in [6.07, 6.45) is 0.659. The highest BCUT2D eigenvalue weighted by Crippen LogP contribution is 2.24. The van der Waals surface area contributed by atoms with Gasteiger partial charge >= 0.3 is 0 Å². The lowest BCUT2D eigenvalue weighted by Gasteiger charge is -2.18. The van der Waals surface area contributed by atoms with Crippen molar-refractivity contribution >= 4 is 5.91 Å². The lowest BCUT2D eigenvalue weighted by Crippen LogP contribution is -2.42. The fraction of sp³-hybridized carbons (Fsp3) is 0.412. The lowest BCUT2D eigenvalue weighted by atomic mass is 9.98. The van der Waals surface area contributed by atoms with Crippen molar-refractivity contribution in [3.63, 3.8) is 0 Å². The van der Waals surface area contributed by atoms with Gasteiger partial charge in [0.1, 0.15) is 5.76 Å². The van der Waals surface area contributed by atoms with Gasteiger partial charge in [-0.05, 0) is 19.1 Å². The van der Waals surface area contributed by atoms with Crippen LogP contribution in [0.2, 0.25) is 0 Å². The molecule has 2 N–H and O–H groups in total. The van der Waals surface area contributed by atoms with E-state index < -0.39 is 0 Å². The Balaban J connectivity index is 1.50. The van der Waals surface area contributed by atoms with Gasteiger partial charge in [-0.3, -0.25) is 4.79 Å². The van der Waals surface area contributed by atoms with Crippen LogP contribution in [0, 0.1) is 12.8 Å². The van der Waals surface area contributed by atoms with E-state index >= 15 is 0 Å². The fourth-order valence-electron chi connectivity index (χ4n) is 2.70. The number of aromatic hydroxyl groups is 1. The quantitative estimate of drug-likeness (QED) is 0.831. The van der Waals surface area contributed by atoms with E-state index in [1.165, 1.54) is 6.07 Å². The third-order valence-electron chi connectivity index (χ3n) is 3.91. The van der Waals surface area contributed by atoms with Crippen LogP contribution in [0.4, 0.5) is 0 Å². The Kier molecular flexibility index (Phi) is 5.00. The molecule has 0 bridgehead atoms. The summed E-state index contributed by atoms with van der Waals surface area (Å²) in [6, 6.07) is 8.32. The van der Waals surface area contributed by atoms with Gasteiger partial charge in [-0.2, -0.15) is 0 Å². The number of aryl methyl sites for hydroxylation is 1. The third-order valence-corrected chi connectivity index (χ3v) is 3.91. The average molecular weight is 332 g/mol. The Morgan fingerprint density at radius 2 is 2.25 bits per heavy atom. The molecule has 1 saturated heterocycles. The molecule has 0 aliphatic carbocycles. The molecular formula is C17H20N2O5. The second-order valence-corrected chi connectivity index (χ2v) is 5.87. The Morgan fingerprint density at radius 1 is 1.42 bits per heavy atom. The van der Waals surface area contributed by atoms with Gasteiger partial charge < -0.3 is 24.4 Å². The molecule has 0 spiro atoms. The van der Waals surface area contributed by atoms with Crippen molar-refractivity contribution < 1.29 is 23.9 Å². The number of para-hydroxylation sites is 2. The van der Waals surface area contributed by atoms with Crippen LogP contribution in [0.25, 0.3) is 0 Å². The van der Waals surface area contributed by atoms with Crippen molar-refractivity contribution in [2.45, 2.75) is 19.4 Å². The SMILES string of the molecule is Cc1cc(CC2COCC2NC(=O)COc2ccccc2O)on1. The minimum atomic E-state index is -0.257. The van der Waals surface area contributed by atoms with Crippen molar-refractivity contribution in [1.29, 1.82) is 0 Å². The molecule has 2 heterocycles. The highest BCUT2D eigenvalue weighted by atomic mass is 16.5. The zero-order chi connectivity index (χ0) is 16.9. The Hall–Kier alpha value is -2.54. The number of benzene rings is 1. The van der Waals surface area contributed by atoms with E-state index in [2.05, 4.69) is 10.5 Å². The summed E-state index contributed by atoms with van der Waals surface area (Å²) in [6.45, 7) is 2.72. The number of phenolic OH excluding ortho intramolecular Hbond substituents is 1. The maximum Gasteiger partial charge on any atom is 0.258 e. The molecule has 1 aromatic heterocycles. The summed E-state index contributed by atoms with van der Waals surface area (Å²) in [5.41, 5.74) is 0.834. The van der Waals surface area contributed by atoms with E-state index in [1.54, 1.807) is 18.2 Å². The molecule has 24 heavy (non-hydrogen) atoms. The number of carbonyl (C=O) groups excluding carboxylic acids is 1. The number of amides is 1. The van der Waals surface area contributed by atoms with Crippen molar-refractivity contribution in [1.82, 2.24) is 10.5 Å². The molecule has 7 heteroatoms. The molecule has 128 valence electrons. The molecule has 1 fully saturated rings. The zero-order valence-electron chi connectivity index (χ0n) is 13.4. The predicted octanol–water partition coefficient (Wildman–Crippen LogP) is 1.44. The molecular weight excluding hydrogens is 312 g/mol. The van der Waals surface area contributed by atoms with E-state index in [0.717, 1.165) is 11.5 Å². The average Bonchev–Trinajstić information content (AvgIpc) is 3.16. The topological polar surface area (TPSA) is 93.8 Å². The molecule has 0 radical (unpaired) electrons. The number of phenols is 1. The van der Waals surface area contributed by atoms with E-state index in [9.17, 15) is 9.90 Å². The first-order chi connectivity index (χ1) is 11.6. The molecule has 0 saturated carbocycles. The lowest BCUT2D eigenvalue weighted by molar-refractivity contribution is -0.124. The first-order valence-electron chi connectivity index (χ1n) is 7.82. The van der Waals surface area contributed by atoms with Gasteiger partial charge in [-0.1, -0.05) is 17.3 Å². The summed E-state index contributed by atoms with van der Waals surface area (Å²) in [5, 5.41) is 16.4. The number of hydrogen-bond acceptors (Lipinski definition) is 6. The highest BCUT2D eigenvalue weighted by molar-refractivity contribution is 5.78. The van der Waals surface area contributed by atoms with Gasteiger partial charge in [0, 0.05) is 18.4 Å². The van der Waals surface area contributed by atoms with Crippen molar-refractivity contribution in [2.24, 2.45) is 5.92 Å². The first-order valence-corrected chi connectivity index (χ1v) is 7.82. The standard InChI is InChI=1S/C17H20N2O5/c1-11-6-13(24-19-11)7-12-8-22-9-14(12)18-17(21)10-23-16-5-3-2-4-15(16)20/h2-6,12,14,20H,7-10H2,1H3,(H,18,21). The van der Waals surface area contributed by atoms with Crippen molar-refractivity contribution in [3.05, 3.63) is 41.8 Å². The summed E-state index contributed by atoms with van der Waals surface area (Å²) in [7, 11) is 0. The molecule has 1 aromatic carbocycles. The van der Waals surface area contributed by atoms with Gasteiger partial charge in [0.15, 0.2) is 18.1 Å². The number of ether oxygens (including phenoxy) is 2. The van der Waals surface area contributed by atoms with Gasteiger partial charge in [-0.15, -0.1) is 0 Å². The van der Waals surface area contributed by atoms with Crippen LogP contribution in [-0.4, -0.2) is 42.0 Å². The summed E-state index contributed by atoms with van der Waals surface area (Å²) in [5.74, 6) is 0.948. The maximum atomic E-state index is 12.1. The number of carbonyl (C=O) groups is 1. The Labute approximate surface area is 139 Å². The van der Waals surface area contributed by atoms with Crippen molar-refractivity contribution in [2.75, 3.05) is 19.8 Å². The molecule has 2 aromatic rings. The molecule has 2 unspecified atom stereocenters. The van der Waals surface area contributed by atoms with Crippen molar-refractivity contribution in [3.8, 4) is 11.5 Å². The fourth-order valence-corrected chi connectivity index (χ4v) is 2.70. The van der Waals surface area contributed by atoms with Crippen LogP contribution in [0.15, 0.2) is 34.9 Å². The molecule has 2 atom stereocenters. The molecule has 1 amide bonds. The normalized spacial score (nSPS) is 20.0. The summed E-state index contributed by atoms with van der Waals surface area (Å²) in [4.78, 5) is 12.1. The number of nitrogens with one attached hydrogen (secondary N) is 1. The van der Waals surface area contributed by atoms with Gasteiger partial charge in [-0.25, -0.2) is 0 Å². The molecule has 1 aliphatic rings. The van der Waals surface area contributed by atoms with E-state index in [1.807, 2.05) is 13.0 Å². The van der Waals surface area contributed by atoms with Crippen LogP contribution in [-0.2, 0) is 16.0 Å². The second-order valence-electron chi connectivity index (χ2n) is 5.87. The Morgan fingerprint density at radius 3 is 3.00 bits per heavy atom. The largest absolute Gasteiger partial charge is 0.504 e. The van der Waals surface area contributed by atoms with E-state index in [-0.39, 0.29) is 36.0 Å². The highest BCUT2D eigenvalue weighted by Gasteiger charge is 2.30. The number of nitrogens with zero attached hydrogens (tertiary/aromatic N) is 1. The number of rotatable bonds is 6. The van der Waals surface area contributed by atoms with E-state index in [0.29, 0.717) is 19.6 Å². The predicted molar refractivity (Wildman–Crippen MR) is 84.8 cm³/mol. The first kappa shape index (κ1) is 16.3. The van der Waals surface area contributed by atoms with Crippen LogP contribution in [0.1, 0.15) is 11.5 Å². The Bertz CT molecular complexity index is 700. The number of aromatic nitrogens is 1. The van der Waals surface area contributed by atoms with Crippen LogP contribution < -0.4 is 10.1 Å². The van der Waals surface area contributed by atoms with Crippen LogP contribution >= 0.6 is 0 Å². The van der Waals surface area contributed by atoms with E-state index in [4.69, 9.17) is 14.0 Å². The number of hydrogen-bond donors (Lipinski definition) is 2. The zero-order valence-corrected chi connectivity index (χ0v) is 13.4. The summed E-state index contributed by atoms with van der Waals surface area (Å²) >= 11 is 0. The molecule has 3 rings (SSSR count). The minimum Gasteiger partial charge on any atom is -0.504 e. The van der Waals surface area contributed by atoms with Crippen LogP contribution in [0.3, 0.4) is 0 Å². The second kappa shape index (κ2) is 7.35. The molecule has 7 nitrogen and oxygen atoms in total. The smallest absolute Gasteiger partial charge is 0.258 e. The third kappa shape index (κ3) is 4.05. The maximum absolute atomic E-state index is 12.1. The van der Waals surface area contributed by atoms with Gasteiger partial charge in [0.2, 0.25) is 0 Å². The molecule has 1 aliphatic heterocycles. The van der Waals surface area contributed by atoms with Gasteiger partial charge in [0.05, 0.1) is 24.9 Å². The van der Waals surface area contributed by atoms with Gasteiger partial charge in [0.25, 0.3) is 5.91 Å². The monoisotopic (exact) mass is 332 g/mol. The van der Waals surface area contributed by atoms with Crippen LogP contribution in [0.5, 0.6) is 11.5 Å².